The number of hydrogen-bond acceptors (Lipinski definition) is 7. The van der Waals surface area contributed by atoms with Gasteiger partial charge in [0.25, 0.3) is 11.8 Å². The summed E-state index contributed by atoms with van der Waals surface area (Å²) < 4.78 is 16.6. The number of benzene rings is 1. The third-order valence-corrected chi connectivity index (χ3v) is 5.35. The molecule has 2 amide bonds. The summed E-state index contributed by atoms with van der Waals surface area (Å²) in [7, 11) is 3.41. The fourth-order valence-electron chi connectivity index (χ4n) is 3.40. The number of nitrogens with one attached hydrogen (secondary N) is 2. The van der Waals surface area contributed by atoms with Crippen molar-refractivity contribution in [1.29, 1.82) is 0 Å². The molecule has 1 aromatic heterocycles. The summed E-state index contributed by atoms with van der Waals surface area (Å²) in [5.74, 6) is 0.599. The van der Waals surface area contributed by atoms with Gasteiger partial charge in [0.15, 0.2) is 5.69 Å². The van der Waals surface area contributed by atoms with Crippen LogP contribution in [0.1, 0.15) is 40.5 Å². The van der Waals surface area contributed by atoms with E-state index in [9.17, 15) is 9.59 Å². The van der Waals surface area contributed by atoms with Gasteiger partial charge in [0.1, 0.15) is 18.1 Å². The summed E-state index contributed by atoms with van der Waals surface area (Å²) in [5.41, 5.74) is 1.10. The number of likely N-dealkylation sites (N-methyl/N-ethyl adjacent to an activating group) is 1. The van der Waals surface area contributed by atoms with E-state index in [1.165, 1.54) is 0 Å². The number of anilines is 1. The molecule has 0 radical (unpaired) electrons. The number of nitrogens with zero attached hydrogens (tertiary/aromatic N) is 2. The van der Waals surface area contributed by atoms with Crippen molar-refractivity contribution in [2.75, 3.05) is 39.2 Å². The van der Waals surface area contributed by atoms with Crippen LogP contribution in [0.5, 0.6) is 5.75 Å². The standard InChI is InChI=1S/C22H30N4O5/c1-13-10-23-14(2)12-30-19-9-16(24-21(27)18-8-15(3)31-25-18)6-7-17(19)22(28)26(4)11-20(13)29-5/h6-9,13-14,20,23H,10-12H2,1-5H3,(H,24,27)/t13-,14+,20+/m1/s1. The molecule has 0 spiro atoms. The number of carbonyl (C=O) groups is 2. The first kappa shape index (κ1) is 22.8. The first-order valence-corrected chi connectivity index (χ1v) is 10.3. The normalized spacial score (nSPS) is 22.7. The second-order valence-corrected chi connectivity index (χ2v) is 8.05. The molecule has 0 saturated carbocycles. The molecule has 2 aromatic rings. The van der Waals surface area contributed by atoms with Gasteiger partial charge in [0.05, 0.1) is 11.7 Å². The molecule has 1 aliphatic heterocycles. The number of aromatic nitrogens is 1. The molecule has 0 bridgehead atoms. The van der Waals surface area contributed by atoms with Crippen molar-refractivity contribution in [3.05, 3.63) is 41.3 Å². The Morgan fingerprint density at radius 3 is 2.77 bits per heavy atom. The second-order valence-electron chi connectivity index (χ2n) is 8.05. The fraction of sp³-hybridized carbons (Fsp3) is 0.500. The molecule has 168 valence electrons. The predicted molar refractivity (Wildman–Crippen MR) is 116 cm³/mol. The lowest BCUT2D eigenvalue weighted by atomic mass is 10.0. The number of carbonyl (C=O) groups excluding carboxylic acids is 2. The van der Waals surface area contributed by atoms with E-state index >= 15 is 0 Å². The number of fused-ring (bicyclic) bond motifs is 1. The van der Waals surface area contributed by atoms with Crippen LogP contribution in [0.3, 0.4) is 0 Å². The van der Waals surface area contributed by atoms with Crippen molar-refractivity contribution in [3.63, 3.8) is 0 Å². The maximum Gasteiger partial charge on any atom is 0.277 e. The van der Waals surface area contributed by atoms with Gasteiger partial charge in [0.2, 0.25) is 0 Å². The summed E-state index contributed by atoms with van der Waals surface area (Å²) in [6, 6.07) is 6.60. The van der Waals surface area contributed by atoms with Crippen LogP contribution in [0.4, 0.5) is 5.69 Å². The average Bonchev–Trinajstić information content (AvgIpc) is 3.19. The van der Waals surface area contributed by atoms with Gasteiger partial charge < -0.3 is 29.5 Å². The van der Waals surface area contributed by atoms with Crippen molar-refractivity contribution >= 4 is 17.5 Å². The molecule has 3 rings (SSSR count). The van der Waals surface area contributed by atoms with E-state index in [0.717, 1.165) is 6.54 Å². The first-order valence-electron chi connectivity index (χ1n) is 10.3. The highest BCUT2D eigenvalue weighted by Crippen LogP contribution is 2.26. The molecule has 1 aromatic carbocycles. The molecule has 9 heteroatoms. The summed E-state index contributed by atoms with van der Waals surface area (Å²) in [6.45, 7) is 7.39. The van der Waals surface area contributed by atoms with Crippen molar-refractivity contribution < 1.29 is 23.6 Å². The number of hydrogen-bond donors (Lipinski definition) is 2. The van der Waals surface area contributed by atoms with Gasteiger partial charge in [0, 0.05) is 51.1 Å². The Bertz CT molecular complexity index is 928. The number of ether oxygens (including phenoxy) is 2. The topological polar surface area (TPSA) is 106 Å². The van der Waals surface area contributed by atoms with Crippen LogP contribution in [-0.4, -0.2) is 67.9 Å². The van der Waals surface area contributed by atoms with E-state index in [1.54, 1.807) is 50.2 Å². The maximum absolute atomic E-state index is 13.1. The molecule has 0 saturated heterocycles. The van der Waals surface area contributed by atoms with Crippen molar-refractivity contribution in [3.8, 4) is 5.75 Å². The first-order chi connectivity index (χ1) is 14.8. The molecule has 0 fully saturated rings. The van der Waals surface area contributed by atoms with E-state index in [-0.39, 0.29) is 29.7 Å². The fourth-order valence-corrected chi connectivity index (χ4v) is 3.40. The zero-order valence-electron chi connectivity index (χ0n) is 18.6. The molecular formula is C22H30N4O5. The van der Waals surface area contributed by atoms with Crippen LogP contribution in [0, 0.1) is 12.8 Å². The molecule has 1 aliphatic rings. The average molecular weight is 431 g/mol. The number of aryl methyl sites for hydroxylation is 1. The molecule has 2 heterocycles. The molecular weight excluding hydrogens is 400 g/mol. The van der Waals surface area contributed by atoms with Crippen molar-refractivity contribution in [2.24, 2.45) is 5.92 Å². The molecule has 2 N–H and O–H groups in total. The smallest absolute Gasteiger partial charge is 0.277 e. The Kier molecular flexibility index (Phi) is 7.29. The van der Waals surface area contributed by atoms with Gasteiger partial charge >= 0.3 is 0 Å². The van der Waals surface area contributed by atoms with E-state index in [1.807, 2.05) is 6.92 Å². The minimum Gasteiger partial charge on any atom is -0.491 e. The highest BCUT2D eigenvalue weighted by molar-refractivity contribution is 6.03. The van der Waals surface area contributed by atoms with Gasteiger partial charge in [-0.1, -0.05) is 12.1 Å². The third-order valence-electron chi connectivity index (χ3n) is 5.35. The van der Waals surface area contributed by atoms with Crippen LogP contribution in [0.25, 0.3) is 0 Å². The van der Waals surface area contributed by atoms with E-state index in [2.05, 4.69) is 22.7 Å². The summed E-state index contributed by atoms with van der Waals surface area (Å²) in [5, 5.41) is 9.93. The molecule has 3 atom stereocenters. The Morgan fingerprint density at radius 2 is 2.10 bits per heavy atom. The van der Waals surface area contributed by atoms with Gasteiger partial charge in [-0.2, -0.15) is 0 Å². The zero-order chi connectivity index (χ0) is 22.5. The van der Waals surface area contributed by atoms with E-state index in [4.69, 9.17) is 14.0 Å². The van der Waals surface area contributed by atoms with Crippen LogP contribution < -0.4 is 15.4 Å². The van der Waals surface area contributed by atoms with E-state index in [0.29, 0.717) is 35.9 Å². The summed E-state index contributed by atoms with van der Waals surface area (Å²) in [4.78, 5) is 27.2. The lowest BCUT2D eigenvalue weighted by Gasteiger charge is -2.30. The minimum atomic E-state index is -0.402. The molecule has 0 unspecified atom stereocenters. The summed E-state index contributed by atoms with van der Waals surface area (Å²) in [6.07, 6.45) is -0.0954. The monoisotopic (exact) mass is 430 g/mol. The van der Waals surface area contributed by atoms with Crippen LogP contribution in [0.2, 0.25) is 0 Å². The van der Waals surface area contributed by atoms with Crippen molar-refractivity contribution in [1.82, 2.24) is 15.4 Å². The number of amides is 2. The lowest BCUT2D eigenvalue weighted by Crippen LogP contribution is -2.44. The van der Waals surface area contributed by atoms with Crippen LogP contribution in [-0.2, 0) is 4.74 Å². The Labute approximate surface area is 182 Å². The predicted octanol–water partition coefficient (Wildman–Crippen LogP) is 2.33. The Balaban J connectivity index is 1.86. The number of rotatable bonds is 3. The highest BCUT2D eigenvalue weighted by atomic mass is 16.5. The molecule has 0 aliphatic carbocycles. The van der Waals surface area contributed by atoms with Gasteiger partial charge in [-0.25, -0.2) is 0 Å². The molecule has 31 heavy (non-hydrogen) atoms. The largest absolute Gasteiger partial charge is 0.491 e. The Morgan fingerprint density at radius 1 is 1.32 bits per heavy atom. The van der Waals surface area contributed by atoms with Crippen LogP contribution >= 0.6 is 0 Å². The van der Waals surface area contributed by atoms with Gasteiger partial charge in [-0.3, -0.25) is 9.59 Å². The van der Waals surface area contributed by atoms with Gasteiger partial charge in [-0.05, 0) is 31.9 Å². The van der Waals surface area contributed by atoms with E-state index < -0.39 is 5.91 Å². The maximum atomic E-state index is 13.1. The second kappa shape index (κ2) is 9.93. The third kappa shape index (κ3) is 5.62. The quantitative estimate of drug-likeness (QED) is 0.770. The minimum absolute atomic E-state index is 0.0661. The van der Waals surface area contributed by atoms with Crippen molar-refractivity contribution in [2.45, 2.75) is 32.9 Å². The number of methoxy groups -OCH3 is 1. The highest BCUT2D eigenvalue weighted by Gasteiger charge is 2.25. The Hall–Kier alpha value is -2.91. The summed E-state index contributed by atoms with van der Waals surface area (Å²) >= 11 is 0. The van der Waals surface area contributed by atoms with Crippen LogP contribution in [0.15, 0.2) is 28.8 Å². The molecule has 9 nitrogen and oxygen atoms in total. The van der Waals surface area contributed by atoms with Gasteiger partial charge in [-0.15, -0.1) is 0 Å². The SMILES string of the molecule is CO[C@H]1CN(C)C(=O)c2ccc(NC(=O)c3cc(C)on3)cc2OC[C@H](C)NC[C@H]1C. The lowest BCUT2D eigenvalue weighted by molar-refractivity contribution is 0.0281. The zero-order valence-corrected chi connectivity index (χ0v) is 18.6.